The van der Waals surface area contributed by atoms with Crippen LogP contribution < -0.4 is 0 Å². The molecule has 0 saturated heterocycles. The lowest BCUT2D eigenvalue weighted by molar-refractivity contribution is -0.161. The Morgan fingerprint density at radius 3 is 0.752 bits per heavy atom. The van der Waals surface area contributed by atoms with Crippen LogP contribution in [0, 0.1) is 11.8 Å². The van der Waals surface area contributed by atoms with Crippen molar-refractivity contribution >= 4 is 39.5 Å². The first-order chi connectivity index (χ1) is 48.9. The molecule has 3 unspecified atom stereocenters. The minimum Gasteiger partial charge on any atom is -0.462 e. The van der Waals surface area contributed by atoms with Crippen LogP contribution in [-0.4, -0.2) is 96.7 Å². The number of esters is 4. The van der Waals surface area contributed by atoms with Crippen LogP contribution in [0.25, 0.3) is 0 Å². The van der Waals surface area contributed by atoms with Crippen LogP contribution in [0.3, 0.4) is 0 Å². The summed E-state index contributed by atoms with van der Waals surface area (Å²) in [6.45, 7) is 9.67. The molecule has 0 aromatic heterocycles. The Bertz CT molecular complexity index is 1940. The van der Waals surface area contributed by atoms with Crippen molar-refractivity contribution in [1.82, 2.24) is 0 Å². The van der Waals surface area contributed by atoms with Crippen LogP contribution in [0.4, 0.5) is 0 Å². The normalized spacial score (nSPS) is 14.2. The summed E-state index contributed by atoms with van der Waals surface area (Å²) in [7, 11) is -9.92. The third-order valence-corrected chi connectivity index (χ3v) is 21.5. The van der Waals surface area contributed by atoms with Gasteiger partial charge in [0.1, 0.15) is 19.3 Å². The zero-order valence-corrected chi connectivity index (χ0v) is 68.0. The fourth-order valence-electron chi connectivity index (χ4n) is 12.7. The lowest BCUT2D eigenvalue weighted by Crippen LogP contribution is -2.30. The van der Waals surface area contributed by atoms with Gasteiger partial charge in [-0.1, -0.05) is 382 Å². The Kier molecular flexibility index (Phi) is 72.2. The number of hydrogen-bond donors (Lipinski definition) is 3. The highest BCUT2D eigenvalue weighted by molar-refractivity contribution is 7.47. The zero-order chi connectivity index (χ0) is 74.2. The van der Waals surface area contributed by atoms with E-state index in [-0.39, 0.29) is 25.7 Å². The number of carbonyl (C=O) groups excluding carboxylic acids is 4. The van der Waals surface area contributed by atoms with Crippen molar-refractivity contribution in [3.8, 4) is 0 Å². The molecule has 17 nitrogen and oxygen atoms in total. The average molecular weight is 1480 g/mol. The first kappa shape index (κ1) is 99.1. The van der Waals surface area contributed by atoms with Gasteiger partial charge in [-0.2, -0.15) is 0 Å². The highest BCUT2D eigenvalue weighted by atomic mass is 31.2. The number of aliphatic hydroxyl groups excluding tert-OH is 1. The van der Waals surface area contributed by atoms with Crippen LogP contribution in [-0.2, 0) is 65.4 Å². The summed E-state index contributed by atoms with van der Waals surface area (Å²) < 4.78 is 68.7. The highest BCUT2D eigenvalue weighted by Gasteiger charge is 2.30. The van der Waals surface area contributed by atoms with Gasteiger partial charge in [0.15, 0.2) is 12.2 Å². The maximum atomic E-state index is 13.1. The van der Waals surface area contributed by atoms with Crippen LogP contribution in [0.5, 0.6) is 0 Å². The Balaban J connectivity index is 5.21. The number of phosphoric acid groups is 2. The zero-order valence-electron chi connectivity index (χ0n) is 66.2. The maximum absolute atomic E-state index is 13.1. The fourth-order valence-corrected chi connectivity index (χ4v) is 14.3. The Hall–Kier alpha value is -1.94. The summed E-state index contributed by atoms with van der Waals surface area (Å²) in [4.78, 5) is 73.0. The largest absolute Gasteiger partial charge is 0.472 e. The molecule has 600 valence electrons. The van der Waals surface area contributed by atoms with E-state index in [1.807, 2.05) is 0 Å². The quantitative estimate of drug-likeness (QED) is 0.0222. The van der Waals surface area contributed by atoms with Gasteiger partial charge in [0.2, 0.25) is 0 Å². The molecule has 0 aliphatic rings. The Morgan fingerprint density at radius 2 is 0.505 bits per heavy atom. The van der Waals surface area contributed by atoms with Gasteiger partial charge in [-0.05, 0) is 37.5 Å². The van der Waals surface area contributed by atoms with Gasteiger partial charge in [0, 0.05) is 25.7 Å². The molecule has 0 rings (SSSR count). The molecular formula is C82H160O17P2. The van der Waals surface area contributed by atoms with Crippen molar-refractivity contribution in [2.45, 2.75) is 452 Å². The van der Waals surface area contributed by atoms with E-state index in [4.69, 9.17) is 37.0 Å². The number of phosphoric ester groups is 2. The standard InChI is InChI=1S/C82H160O17P2/c1-7-10-12-14-16-18-19-20-21-22-23-24-25-26-27-32-35-42-48-54-60-66-81(86)98-78(71-93-80(85)65-59-53-47-41-34-31-29-28-30-33-40-45-51-57-63-75(6)9-3)73-97-101(90,91)95-69-76(83)68-94-100(88,89)96-72-77(70-92-79(84)64-58-52-46-38-17-15-13-11-8-2)99-82(87)67-61-55-49-43-37-36-39-44-50-56-62-74(4)5/h74-78,83H,7-73H2,1-6H3,(H,88,89)(H,90,91)/t75?,76-,77+,78+/m0/s1. The monoisotopic (exact) mass is 1480 g/mol. The van der Waals surface area contributed by atoms with Crippen molar-refractivity contribution in [1.29, 1.82) is 0 Å². The van der Waals surface area contributed by atoms with Crippen molar-refractivity contribution in [3.05, 3.63) is 0 Å². The second kappa shape index (κ2) is 73.6. The van der Waals surface area contributed by atoms with Gasteiger partial charge >= 0.3 is 39.5 Å². The molecule has 0 spiro atoms. The minimum atomic E-state index is -4.96. The third kappa shape index (κ3) is 74.7. The van der Waals surface area contributed by atoms with Crippen molar-refractivity contribution in [2.75, 3.05) is 39.6 Å². The molecule has 0 aliphatic carbocycles. The molecule has 0 radical (unpaired) electrons. The van der Waals surface area contributed by atoms with Gasteiger partial charge in [0.25, 0.3) is 0 Å². The molecule has 101 heavy (non-hydrogen) atoms. The lowest BCUT2D eigenvalue weighted by atomic mass is 9.99. The molecule has 0 aromatic carbocycles. The van der Waals surface area contributed by atoms with E-state index >= 15 is 0 Å². The predicted molar refractivity (Wildman–Crippen MR) is 414 cm³/mol. The smallest absolute Gasteiger partial charge is 0.462 e. The molecule has 6 atom stereocenters. The molecule has 0 bridgehead atoms. The van der Waals surface area contributed by atoms with Crippen LogP contribution in [0.15, 0.2) is 0 Å². The van der Waals surface area contributed by atoms with Gasteiger partial charge in [-0.25, -0.2) is 9.13 Å². The lowest BCUT2D eigenvalue weighted by Gasteiger charge is -2.21. The van der Waals surface area contributed by atoms with E-state index in [2.05, 4.69) is 41.5 Å². The van der Waals surface area contributed by atoms with Crippen molar-refractivity contribution in [2.24, 2.45) is 11.8 Å². The maximum Gasteiger partial charge on any atom is 0.472 e. The fraction of sp³-hybridized carbons (Fsp3) is 0.951. The number of hydrogen-bond acceptors (Lipinski definition) is 15. The van der Waals surface area contributed by atoms with E-state index in [0.29, 0.717) is 25.7 Å². The summed E-state index contributed by atoms with van der Waals surface area (Å²) in [6.07, 6.45) is 63.9. The van der Waals surface area contributed by atoms with E-state index < -0.39 is 97.5 Å². The molecule has 19 heteroatoms. The number of rotatable bonds is 81. The third-order valence-electron chi connectivity index (χ3n) is 19.6. The van der Waals surface area contributed by atoms with E-state index in [1.54, 1.807) is 0 Å². The Morgan fingerprint density at radius 1 is 0.287 bits per heavy atom. The predicted octanol–water partition coefficient (Wildman–Crippen LogP) is 24.7. The second-order valence-electron chi connectivity index (χ2n) is 30.2. The summed E-state index contributed by atoms with van der Waals surface area (Å²) in [5.41, 5.74) is 0. The molecule has 0 amide bonds. The van der Waals surface area contributed by atoms with E-state index in [9.17, 15) is 43.2 Å². The summed E-state index contributed by atoms with van der Waals surface area (Å²) >= 11 is 0. The molecular weight excluding hydrogens is 1320 g/mol. The van der Waals surface area contributed by atoms with Gasteiger partial charge < -0.3 is 33.8 Å². The SMILES string of the molecule is CCCCCCCCCCCCCCCCCCCCCCCC(=O)O[C@H](COC(=O)CCCCCCCCCCCCCCCCC(C)CC)COP(=O)(O)OC[C@@H](O)COP(=O)(O)OC[C@@H](COC(=O)CCCCCCCCCCC)OC(=O)CCCCCCCCCCCCC(C)C. The highest BCUT2D eigenvalue weighted by Crippen LogP contribution is 2.45. The minimum absolute atomic E-state index is 0.106. The summed E-state index contributed by atoms with van der Waals surface area (Å²) in [5, 5.41) is 10.6. The number of aliphatic hydroxyl groups is 1. The van der Waals surface area contributed by atoms with Crippen molar-refractivity contribution < 1.29 is 80.2 Å². The van der Waals surface area contributed by atoms with Crippen LogP contribution in [0.2, 0.25) is 0 Å². The molecule has 0 heterocycles. The van der Waals surface area contributed by atoms with Crippen LogP contribution in [0.1, 0.15) is 433 Å². The van der Waals surface area contributed by atoms with Gasteiger partial charge in [-0.15, -0.1) is 0 Å². The number of carbonyl (C=O) groups is 4. The van der Waals surface area contributed by atoms with E-state index in [1.165, 1.54) is 250 Å². The van der Waals surface area contributed by atoms with Crippen molar-refractivity contribution in [3.63, 3.8) is 0 Å². The topological polar surface area (TPSA) is 237 Å². The average Bonchev–Trinajstić information content (AvgIpc) is 0.929. The molecule has 0 aromatic rings. The summed E-state index contributed by atoms with van der Waals surface area (Å²) in [6, 6.07) is 0. The van der Waals surface area contributed by atoms with E-state index in [0.717, 1.165) is 102 Å². The molecule has 0 aliphatic heterocycles. The molecule has 0 fully saturated rings. The number of ether oxygens (including phenoxy) is 4. The van der Waals surface area contributed by atoms with Gasteiger partial charge in [0.05, 0.1) is 26.4 Å². The van der Waals surface area contributed by atoms with Crippen LogP contribution >= 0.6 is 15.6 Å². The molecule has 3 N–H and O–H groups in total. The Labute approximate surface area is 619 Å². The number of unbranched alkanes of at least 4 members (excludes halogenated alkanes) is 50. The first-order valence-electron chi connectivity index (χ1n) is 42.5. The van der Waals surface area contributed by atoms with Gasteiger partial charge in [-0.3, -0.25) is 37.3 Å². The first-order valence-corrected chi connectivity index (χ1v) is 45.5. The second-order valence-corrected chi connectivity index (χ2v) is 33.1. The summed E-state index contributed by atoms with van der Waals surface area (Å²) in [5.74, 6) is -0.507. The molecule has 0 saturated carbocycles.